The SMILES string of the molecule is COCc1nc(O)c(C2CCCC2)c(=O)[nH]1. The molecule has 1 aliphatic rings. The van der Waals surface area contributed by atoms with E-state index in [4.69, 9.17) is 4.74 Å². The van der Waals surface area contributed by atoms with Gasteiger partial charge in [-0.2, -0.15) is 4.98 Å². The number of rotatable bonds is 3. The fourth-order valence-corrected chi connectivity index (χ4v) is 2.30. The average molecular weight is 224 g/mol. The van der Waals surface area contributed by atoms with E-state index in [1.807, 2.05) is 0 Å². The molecule has 2 N–H and O–H groups in total. The van der Waals surface area contributed by atoms with Crippen molar-refractivity contribution >= 4 is 0 Å². The lowest BCUT2D eigenvalue weighted by Crippen LogP contribution is -2.19. The third-order valence-corrected chi connectivity index (χ3v) is 3.03. The van der Waals surface area contributed by atoms with Crippen molar-refractivity contribution in [3.63, 3.8) is 0 Å². The number of aromatic amines is 1. The summed E-state index contributed by atoms with van der Waals surface area (Å²) in [5.74, 6) is 0.391. The first kappa shape index (κ1) is 11.1. The molecule has 0 atom stereocenters. The Labute approximate surface area is 93.5 Å². The van der Waals surface area contributed by atoms with E-state index < -0.39 is 0 Å². The molecule has 1 fully saturated rings. The van der Waals surface area contributed by atoms with E-state index in [-0.39, 0.29) is 24.0 Å². The van der Waals surface area contributed by atoms with E-state index in [1.165, 1.54) is 7.11 Å². The largest absolute Gasteiger partial charge is 0.493 e. The molecule has 0 bridgehead atoms. The minimum Gasteiger partial charge on any atom is -0.493 e. The van der Waals surface area contributed by atoms with Crippen molar-refractivity contribution in [3.8, 4) is 5.88 Å². The van der Waals surface area contributed by atoms with Crippen molar-refractivity contribution in [1.82, 2.24) is 9.97 Å². The van der Waals surface area contributed by atoms with Crippen molar-refractivity contribution in [3.05, 3.63) is 21.7 Å². The van der Waals surface area contributed by atoms with Crippen molar-refractivity contribution < 1.29 is 9.84 Å². The lowest BCUT2D eigenvalue weighted by Gasteiger charge is -2.10. The molecular formula is C11H16N2O3. The molecule has 1 saturated carbocycles. The number of nitrogens with zero attached hydrogens (tertiary/aromatic N) is 1. The summed E-state index contributed by atoms with van der Waals surface area (Å²) >= 11 is 0. The van der Waals surface area contributed by atoms with Gasteiger partial charge in [0.15, 0.2) is 0 Å². The Bertz CT molecular complexity index is 422. The summed E-state index contributed by atoms with van der Waals surface area (Å²) in [5.41, 5.74) is 0.212. The molecule has 1 aliphatic carbocycles. The maximum absolute atomic E-state index is 11.8. The molecule has 0 aromatic carbocycles. The van der Waals surface area contributed by atoms with Crippen LogP contribution in [0, 0.1) is 0 Å². The molecule has 0 radical (unpaired) electrons. The topological polar surface area (TPSA) is 75.2 Å². The first-order valence-corrected chi connectivity index (χ1v) is 5.53. The van der Waals surface area contributed by atoms with Gasteiger partial charge in [0.1, 0.15) is 12.4 Å². The maximum atomic E-state index is 11.8. The molecule has 0 aliphatic heterocycles. The normalized spacial score (nSPS) is 16.8. The van der Waals surface area contributed by atoms with Crippen LogP contribution in [0.3, 0.4) is 0 Å². The van der Waals surface area contributed by atoms with Gasteiger partial charge in [0.2, 0.25) is 5.88 Å². The second kappa shape index (κ2) is 4.65. The predicted molar refractivity (Wildman–Crippen MR) is 58.4 cm³/mol. The molecule has 1 aromatic rings. The van der Waals surface area contributed by atoms with Crippen molar-refractivity contribution in [2.75, 3.05) is 7.11 Å². The minimum absolute atomic E-state index is 0.136. The monoisotopic (exact) mass is 224 g/mol. The van der Waals surface area contributed by atoms with Crippen LogP contribution in [0.1, 0.15) is 43.0 Å². The van der Waals surface area contributed by atoms with Crippen molar-refractivity contribution in [2.24, 2.45) is 0 Å². The standard InChI is InChI=1S/C11H16N2O3/c1-16-6-8-12-10(14)9(11(15)13-8)7-4-2-3-5-7/h7H,2-6H2,1H3,(H2,12,13,14,15). The Morgan fingerprint density at radius 3 is 2.75 bits per heavy atom. The summed E-state index contributed by atoms with van der Waals surface area (Å²) in [6, 6.07) is 0. The number of nitrogens with one attached hydrogen (secondary N) is 1. The molecule has 0 unspecified atom stereocenters. The number of aromatic nitrogens is 2. The van der Waals surface area contributed by atoms with Gasteiger partial charge in [0.05, 0.1) is 5.56 Å². The Kier molecular flexibility index (Phi) is 3.24. The molecule has 1 aromatic heterocycles. The van der Waals surface area contributed by atoms with Gasteiger partial charge in [-0.05, 0) is 18.8 Å². The molecule has 1 heterocycles. The highest BCUT2D eigenvalue weighted by Crippen LogP contribution is 2.35. The number of hydrogen-bond donors (Lipinski definition) is 2. The van der Waals surface area contributed by atoms with Crippen LogP contribution in [0.5, 0.6) is 5.88 Å². The lowest BCUT2D eigenvalue weighted by atomic mass is 10.00. The molecule has 88 valence electrons. The van der Waals surface area contributed by atoms with E-state index in [0.717, 1.165) is 25.7 Å². The molecular weight excluding hydrogens is 208 g/mol. The van der Waals surface area contributed by atoms with E-state index in [2.05, 4.69) is 9.97 Å². The maximum Gasteiger partial charge on any atom is 0.258 e. The zero-order valence-corrected chi connectivity index (χ0v) is 9.32. The molecule has 5 heteroatoms. The van der Waals surface area contributed by atoms with E-state index >= 15 is 0 Å². The fourth-order valence-electron chi connectivity index (χ4n) is 2.30. The molecule has 0 spiro atoms. The van der Waals surface area contributed by atoms with Crippen LogP contribution in [0.15, 0.2) is 4.79 Å². The Hall–Kier alpha value is -1.36. The number of H-pyrrole nitrogens is 1. The van der Waals surface area contributed by atoms with Gasteiger partial charge in [0.25, 0.3) is 5.56 Å². The van der Waals surface area contributed by atoms with Crippen LogP contribution >= 0.6 is 0 Å². The van der Waals surface area contributed by atoms with Gasteiger partial charge in [0, 0.05) is 7.11 Å². The Morgan fingerprint density at radius 2 is 2.19 bits per heavy atom. The molecule has 5 nitrogen and oxygen atoms in total. The highest BCUT2D eigenvalue weighted by Gasteiger charge is 2.24. The second-order valence-corrected chi connectivity index (χ2v) is 4.16. The van der Waals surface area contributed by atoms with Crippen molar-refractivity contribution in [2.45, 2.75) is 38.2 Å². The number of ether oxygens (including phenoxy) is 1. The van der Waals surface area contributed by atoms with Gasteiger partial charge in [-0.15, -0.1) is 0 Å². The summed E-state index contributed by atoms with van der Waals surface area (Å²) in [6.45, 7) is 0.202. The zero-order chi connectivity index (χ0) is 11.5. The van der Waals surface area contributed by atoms with E-state index in [0.29, 0.717) is 11.4 Å². The average Bonchev–Trinajstić information content (AvgIpc) is 2.70. The van der Waals surface area contributed by atoms with Crippen LogP contribution in [0.4, 0.5) is 0 Å². The third-order valence-electron chi connectivity index (χ3n) is 3.03. The van der Waals surface area contributed by atoms with Gasteiger partial charge in [-0.1, -0.05) is 12.8 Å². The van der Waals surface area contributed by atoms with E-state index in [1.54, 1.807) is 0 Å². The second-order valence-electron chi connectivity index (χ2n) is 4.16. The van der Waals surface area contributed by atoms with Crippen LogP contribution in [0.25, 0.3) is 0 Å². The summed E-state index contributed by atoms with van der Waals surface area (Å²) in [4.78, 5) is 18.4. The lowest BCUT2D eigenvalue weighted by molar-refractivity contribution is 0.176. The van der Waals surface area contributed by atoms with Crippen LogP contribution in [-0.2, 0) is 11.3 Å². The summed E-state index contributed by atoms with van der Waals surface area (Å²) < 4.78 is 4.86. The first-order valence-electron chi connectivity index (χ1n) is 5.53. The van der Waals surface area contributed by atoms with Gasteiger partial charge in [-0.3, -0.25) is 4.79 Å². The number of aromatic hydroxyl groups is 1. The predicted octanol–water partition coefficient (Wildman–Crippen LogP) is 1.28. The fraction of sp³-hybridized carbons (Fsp3) is 0.636. The highest BCUT2D eigenvalue weighted by molar-refractivity contribution is 5.27. The van der Waals surface area contributed by atoms with Crippen molar-refractivity contribution in [1.29, 1.82) is 0 Å². The Balaban J connectivity index is 2.35. The molecule has 0 amide bonds. The quantitative estimate of drug-likeness (QED) is 0.811. The van der Waals surface area contributed by atoms with Crippen LogP contribution in [-0.4, -0.2) is 22.2 Å². The molecule has 2 rings (SSSR count). The molecule has 0 saturated heterocycles. The first-order chi connectivity index (χ1) is 7.72. The van der Waals surface area contributed by atoms with Gasteiger partial charge < -0.3 is 14.8 Å². The van der Waals surface area contributed by atoms with Gasteiger partial charge >= 0.3 is 0 Å². The van der Waals surface area contributed by atoms with Crippen LogP contribution in [0.2, 0.25) is 0 Å². The van der Waals surface area contributed by atoms with Crippen LogP contribution < -0.4 is 5.56 Å². The summed E-state index contributed by atoms with van der Waals surface area (Å²) in [5, 5.41) is 9.77. The zero-order valence-electron chi connectivity index (χ0n) is 9.32. The summed E-state index contributed by atoms with van der Waals surface area (Å²) in [6.07, 6.45) is 4.15. The minimum atomic E-state index is -0.230. The smallest absolute Gasteiger partial charge is 0.258 e. The molecule has 16 heavy (non-hydrogen) atoms. The summed E-state index contributed by atoms with van der Waals surface area (Å²) in [7, 11) is 1.52. The number of methoxy groups -OCH3 is 1. The van der Waals surface area contributed by atoms with Gasteiger partial charge in [-0.25, -0.2) is 0 Å². The highest BCUT2D eigenvalue weighted by atomic mass is 16.5. The third kappa shape index (κ3) is 2.09. The van der Waals surface area contributed by atoms with E-state index in [9.17, 15) is 9.90 Å². The number of hydrogen-bond acceptors (Lipinski definition) is 4. The Morgan fingerprint density at radius 1 is 1.50 bits per heavy atom.